The Labute approximate surface area is 102 Å². The van der Waals surface area contributed by atoms with Gasteiger partial charge in [-0.05, 0) is 12.1 Å². The molecule has 0 bridgehead atoms. The van der Waals surface area contributed by atoms with Gasteiger partial charge in [-0.15, -0.1) is 0 Å². The number of carboxylic acids is 1. The second-order valence-corrected chi connectivity index (χ2v) is 3.26. The zero-order valence-corrected chi connectivity index (χ0v) is 9.36. The minimum absolute atomic E-state index is 0.00815. The van der Waals surface area contributed by atoms with Crippen LogP contribution in [0.5, 0.6) is 5.88 Å². The molecule has 0 radical (unpaired) electrons. The number of rotatable bonds is 3. The van der Waals surface area contributed by atoms with Crippen molar-refractivity contribution in [2.75, 3.05) is 7.11 Å². The van der Waals surface area contributed by atoms with E-state index < -0.39 is 5.97 Å². The minimum Gasteiger partial charge on any atom is -0.479 e. The van der Waals surface area contributed by atoms with E-state index in [0.29, 0.717) is 0 Å². The standard InChI is InChI=1S/C11H8N4O3/c1-18-10-7(6-12)13-8(11(16)17)9(14-10)15-4-2-3-5-15/h2-5H,1H3,(H,16,17). The molecule has 0 aliphatic rings. The van der Waals surface area contributed by atoms with E-state index >= 15 is 0 Å². The molecular formula is C11H8N4O3. The van der Waals surface area contributed by atoms with E-state index in [4.69, 9.17) is 15.1 Å². The Morgan fingerprint density at radius 1 is 1.44 bits per heavy atom. The summed E-state index contributed by atoms with van der Waals surface area (Å²) >= 11 is 0. The predicted molar refractivity (Wildman–Crippen MR) is 59.6 cm³/mol. The predicted octanol–water partition coefficient (Wildman–Crippen LogP) is 0.846. The second kappa shape index (κ2) is 4.55. The summed E-state index contributed by atoms with van der Waals surface area (Å²) in [7, 11) is 1.34. The molecule has 2 rings (SSSR count). The maximum absolute atomic E-state index is 11.1. The summed E-state index contributed by atoms with van der Waals surface area (Å²) in [6.07, 6.45) is 3.25. The van der Waals surface area contributed by atoms with Gasteiger partial charge in [-0.2, -0.15) is 10.2 Å². The number of nitriles is 1. The number of ether oxygens (including phenoxy) is 1. The maximum Gasteiger partial charge on any atom is 0.358 e. The van der Waals surface area contributed by atoms with Crippen molar-refractivity contribution in [3.05, 3.63) is 35.9 Å². The van der Waals surface area contributed by atoms with Crippen LogP contribution in [-0.4, -0.2) is 32.7 Å². The Balaban J connectivity index is 2.71. The van der Waals surface area contributed by atoms with E-state index in [1.54, 1.807) is 30.6 Å². The van der Waals surface area contributed by atoms with Crippen molar-refractivity contribution in [3.8, 4) is 17.8 Å². The Bertz CT molecular complexity index is 628. The number of methoxy groups -OCH3 is 1. The summed E-state index contributed by atoms with van der Waals surface area (Å²) in [5.41, 5.74) is -0.464. The van der Waals surface area contributed by atoms with Crippen molar-refractivity contribution >= 4 is 5.97 Å². The van der Waals surface area contributed by atoms with Gasteiger partial charge in [0.25, 0.3) is 5.88 Å². The van der Waals surface area contributed by atoms with Gasteiger partial charge in [0.15, 0.2) is 11.5 Å². The number of carboxylic acid groups (broad SMARTS) is 1. The van der Waals surface area contributed by atoms with E-state index in [1.165, 1.54) is 11.7 Å². The van der Waals surface area contributed by atoms with Crippen LogP contribution in [0.25, 0.3) is 5.82 Å². The lowest BCUT2D eigenvalue weighted by atomic mass is 10.3. The average Bonchev–Trinajstić information content (AvgIpc) is 2.90. The van der Waals surface area contributed by atoms with Gasteiger partial charge < -0.3 is 14.4 Å². The third-order valence-electron chi connectivity index (χ3n) is 2.20. The number of carbonyl (C=O) groups is 1. The second-order valence-electron chi connectivity index (χ2n) is 3.26. The van der Waals surface area contributed by atoms with Gasteiger partial charge in [0.05, 0.1) is 7.11 Å². The van der Waals surface area contributed by atoms with Gasteiger partial charge in [-0.25, -0.2) is 9.78 Å². The monoisotopic (exact) mass is 244 g/mol. The van der Waals surface area contributed by atoms with E-state index in [0.717, 1.165) is 0 Å². The molecule has 2 heterocycles. The molecule has 0 aliphatic heterocycles. The van der Waals surface area contributed by atoms with Crippen molar-refractivity contribution in [3.63, 3.8) is 0 Å². The van der Waals surface area contributed by atoms with Crippen molar-refractivity contribution in [2.24, 2.45) is 0 Å². The zero-order valence-electron chi connectivity index (χ0n) is 9.36. The van der Waals surface area contributed by atoms with Crippen LogP contribution in [0.15, 0.2) is 24.5 Å². The fraction of sp³-hybridized carbons (Fsp3) is 0.0909. The molecule has 0 saturated carbocycles. The van der Waals surface area contributed by atoms with E-state index in [1.807, 2.05) is 0 Å². The van der Waals surface area contributed by atoms with E-state index in [-0.39, 0.29) is 23.1 Å². The van der Waals surface area contributed by atoms with Crippen molar-refractivity contribution < 1.29 is 14.6 Å². The highest BCUT2D eigenvalue weighted by atomic mass is 16.5. The highest BCUT2D eigenvalue weighted by molar-refractivity contribution is 5.89. The number of hydrogen-bond acceptors (Lipinski definition) is 5. The molecule has 18 heavy (non-hydrogen) atoms. The first-order valence-corrected chi connectivity index (χ1v) is 4.90. The topological polar surface area (TPSA) is 101 Å². The molecule has 0 spiro atoms. The Morgan fingerprint density at radius 2 is 2.11 bits per heavy atom. The van der Waals surface area contributed by atoms with Crippen molar-refractivity contribution in [1.29, 1.82) is 5.26 Å². The van der Waals surface area contributed by atoms with Crippen LogP contribution in [0.2, 0.25) is 0 Å². The summed E-state index contributed by atoms with van der Waals surface area (Å²) in [6, 6.07) is 5.18. The maximum atomic E-state index is 11.1. The summed E-state index contributed by atoms with van der Waals surface area (Å²) in [4.78, 5) is 18.9. The number of aromatic carboxylic acids is 1. The van der Waals surface area contributed by atoms with Gasteiger partial charge in [0.1, 0.15) is 6.07 Å². The summed E-state index contributed by atoms with van der Waals surface area (Å²) in [5, 5.41) is 17.9. The first-order valence-electron chi connectivity index (χ1n) is 4.90. The smallest absolute Gasteiger partial charge is 0.358 e. The van der Waals surface area contributed by atoms with Crippen molar-refractivity contribution in [2.45, 2.75) is 0 Å². The number of nitrogens with zero attached hydrogens (tertiary/aromatic N) is 4. The van der Waals surface area contributed by atoms with Crippen molar-refractivity contribution in [1.82, 2.24) is 14.5 Å². The third kappa shape index (κ3) is 1.87. The molecule has 0 unspecified atom stereocenters. The molecule has 0 aliphatic carbocycles. The van der Waals surface area contributed by atoms with Crippen LogP contribution in [0, 0.1) is 11.3 Å². The molecule has 0 atom stereocenters. The zero-order chi connectivity index (χ0) is 13.1. The van der Waals surface area contributed by atoms with E-state index in [9.17, 15) is 4.79 Å². The largest absolute Gasteiger partial charge is 0.479 e. The highest BCUT2D eigenvalue weighted by Crippen LogP contribution is 2.18. The van der Waals surface area contributed by atoms with Gasteiger partial charge >= 0.3 is 5.97 Å². The summed E-state index contributed by atoms with van der Waals surface area (Å²) in [5.74, 6) is -1.17. The lowest BCUT2D eigenvalue weighted by Crippen LogP contribution is -2.12. The average molecular weight is 244 g/mol. The van der Waals surface area contributed by atoms with Crippen LogP contribution in [0.1, 0.15) is 16.2 Å². The first kappa shape index (κ1) is 11.6. The van der Waals surface area contributed by atoms with Gasteiger partial charge in [0.2, 0.25) is 5.69 Å². The lowest BCUT2D eigenvalue weighted by Gasteiger charge is -2.08. The Morgan fingerprint density at radius 3 is 2.61 bits per heavy atom. The lowest BCUT2D eigenvalue weighted by molar-refractivity contribution is 0.0689. The molecule has 2 aromatic rings. The van der Waals surface area contributed by atoms with Crippen LogP contribution >= 0.6 is 0 Å². The molecule has 7 heteroatoms. The fourth-order valence-corrected chi connectivity index (χ4v) is 1.43. The van der Waals surface area contributed by atoms with E-state index in [2.05, 4.69) is 9.97 Å². The first-order chi connectivity index (χ1) is 8.67. The molecule has 0 aromatic carbocycles. The molecule has 1 N–H and O–H groups in total. The summed E-state index contributed by atoms with van der Waals surface area (Å²) in [6.45, 7) is 0. The Kier molecular flexibility index (Phi) is 2.93. The molecule has 0 saturated heterocycles. The van der Waals surface area contributed by atoms with Gasteiger partial charge in [-0.3, -0.25) is 0 Å². The third-order valence-corrected chi connectivity index (χ3v) is 2.20. The normalized spacial score (nSPS) is 9.78. The Hall–Kier alpha value is -2.88. The van der Waals surface area contributed by atoms with Gasteiger partial charge in [0, 0.05) is 12.4 Å². The quantitative estimate of drug-likeness (QED) is 0.858. The van der Waals surface area contributed by atoms with Crippen LogP contribution in [0.4, 0.5) is 0 Å². The molecule has 7 nitrogen and oxygen atoms in total. The SMILES string of the molecule is COc1nc(-n2cccc2)c(C(=O)O)nc1C#N. The number of aromatic nitrogens is 3. The molecule has 2 aromatic heterocycles. The minimum atomic E-state index is -1.26. The summed E-state index contributed by atoms with van der Waals surface area (Å²) < 4.78 is 6.39. The molecule has 0 amide bonds. The van der Waals surface area contributed by atoms with Gasteiger partial charge in [-0.1, -0.05) is 0 Å². The van der Waals surface area contributed by atoms with Crippen LogP contribution < -0.4 is 4.74 Å². The fourth-order valence-electron chi connectivity index (χ4n) is 1.43. The molecular weight excluding hydrogens is 236 g/mol. The van der Waals surface area contributed by atoms with Crippen LogP contribution in [-0.2, 0) is 0 Å². The molecule has 0 fully saturated rings. The molecule has 90 valence electrons. The van der Waals surface area contributed by atoms with Crippen LogP contribution in [0.3, 0.4) is 0 Å². The highest BCUT2D eigenvalue weighted by Gasteiger charge is 2.20. The number of hydrogen-bond donors (Lipinski definition) is 1.